The zero-order valence-electron chi connectivity index (χ0n) is 13.5. The first-order valence-electron chi connectivity index (χ1n) is 8.12. The Bertz CT molecular complexity index is 431. The van der Waals surface area contributed by atoms with Crippen molar-refractivity contribution in [2.24, 2.45) is 0 Å². The smallest absolute Gasteiger partial charge is 0.137 e. The molecule has 1 atom stereocenters. The summed E-state index contributed by atoms with van der Waals surface area (Å²) in [6, 6.07) is 2.26. The van der Waals surface area contributed by atoms with Crippen LogP contribution in [0.3, 0.4) is 0 Å². The average Bonchev–Trinajstić information content (AvgIpc) is 2.54. The maximum atomic E-state index is 6.02. The number of rotatable bonds is 7. The highest BCUT2D eigenvalue weighted by molar-refractivity contribution is 5.28. The molecule has 1 aromatic heterocycles. The Morgan fingerprint density at radius 2 is 2.00 bits per heavy atom. The fourth-order valence-corrected chi connectivity index (χ4v) is 3.41. The third-order valence-corrected chi connectivity index (χ3v) is 4.42. The van der Waals surface area contributed by atoms with Gasteiger partial charge >= 0.3 is 0 Å². The number of aromatic nitrogens is 1. The quantitative estimate of drug-likeness (QED) is 0.835. The molecule has 1 aliphatic carbocycles. The molecule has 0 saturated heterocycles. The zero-order valence-corrected chi connectivity index (χ0v) is 13.5. The van der Waals surface area contributed by atoms with E-state index >= 15 is 0 Å². The summed E-state index contributed by atoms with van der Waals surface area (Å²) in [4.78, 5) is 4.35. The van der Waals surface area contributed by atoms with E-state index in [9.17, 15) is 0 Å². The van der Waals surface area contributed by atoms with E-state index in [0.29, 0.717) is 6.61 Å². The van der Waals surface area contributed by atoms with E-state index < -0.39 is 0 Å². The van der Waals surface area contributed by atoms with E-state index in [1.807, 2.05) is 20.2 Å². The van der Waals surface area contributed by atoms with Gasteiger partial charge in [0.05, 0.1) is 24.4 Å². The Morgan fingerprint density at radius 1 is 1.24 bits per heavy atom. The van der Waals surface area contributed by atoms with E-state index in [2.05, 4.69) is 23.3 Å². The van der Waals surface area contributed by atoms with Crippen molar-refractivity contribution in [2.45, 2.75) is 57.6 Å². The third kappa shape index (κ3) is 3.74. The predicted octanol–water partition coefficient (Wildman–Crippen LogP) is 3.48. The molecule has 0 bridgehead atoms. The van der Waals surface area contributed by atoms with Crippen LogP contribution in [0.5, 0.6) is 5.75 Å². The fraction of sp³-hybridized carbons (Fsp3) is 0.706. The van der Waals surface area contributed by atoms with Crippen molar-refractivity contribution in [3.05, 3.63) is 24.0 Å². The summed E-state index contributed by atoms with van der Waals surface area (Å²) >= 11 is 0. The lowest BCUT2D eigenvalue weighted by molar-refractivity contribution is -0.0685. The maximum absolute atomic E-state index is 6.02. The molecule has 1 aromatic rings. The van der Waals surface area contributed by atoms with Gasteiger partial charge in [-0.05, 0) is 37.9 Å². The van der Waals surface area contributed by atoms with Gasteiger partial charge < -0.3 is 14.8 Å². The Hall–Kier alpha value is -1.13. The van der Waals surface area contributed by atoms with Crippen LogP contribution in [0.2, 0.25) is 0 Å². The van der Waals surface area contributed by atoms with Crippen LogP contribution in [0.25, 0.3) is 0 Å². The second kappa shape index (κ2) is 7.76. The van der Waals surface area contributed by atoms with Crippen LogP contribution in [0.1, 0.15) is 57.6 Å². The standard InChI is InChI=1S/C17H28N2O2/c1-4-19-16(17(20-3)9-7-6-8-10-17)14-11-15(21-5-2)13-18-12-14/h11-13,16,19H,4-10H2,1-3H3. The van der Waals surface area contributed by atoms with E-state index in [1.54, 1.807) is 6.20 Å². The van der Waals surface area contributed by atoms with Crippen LogP contribution in [0.15, 0.2) is 18.5 Å². The lowest BCUT2D eigenvalue weighted by atomic mass is 9.77. The minimum absolute atomic E-state index is 0.124. The number of nitrogens with one attached hydrogen (secondary N) is 1. The number of likely N-dealkylation sites (N-methyl/N-ethyl adjacent to an activating group) is 1. The van der Waals surface area contributed by atoms with Crippen LogP contribution in [-0.2, 0) is 4.74 Å². The highest BCUT2D eigenvalue weighted by Crippen LogP contribution is 2.41. The molecule has 0 radical (unpaired) electrons. The molecule has 1 unspecified atom stereocenters. The molecule has 1 aliphatic rings. The van der Waals surface area contributed by atoms with Crippen LogP contribution in [0, 0.1) is 0 Å². The number of ether oxygens (including phenoxy) is 2. The van der Waals surface area contributed by atoms with Gasteiger partial charge in [0.25, 0.3) is 0 Å². The molecular weight excluding hydrogens is 264 g/mol. The first kappa shape index (κ1) is 16.2. The molecule has 1 N–H and O–H groups in total. The molecule has 1 heterocycles. The van der Waals surface area contributed by atoms with Gasteiger partial charge in [0.15, 0.2) is 0 Å². The molecule has 4 heteroatoms. The van der Waals surface area contributed by atoms with Gasteiger partial charge in [0.1, 0.15) is 5.75 Å². The summed E-state index contributed by atoms with van der Waals surface area (Å²) in [6.07, 6.45) is 9.67. The van der Waals surface area contributed by atoms with Crippen LogP contribution >= 0.6 is 0 Å². The van der Waals surface area contributed by atoms with Gasteiger partial charge in [-0.15, -0.1) is 0 Å². The predicted molar refractivity (Wildman–Crippen MR) is 84.6 cm³/mol. The molecule has 4 nitrogen and oxygen atoms in total. The molecule has 0 aliphatic heterocycles. The Kier molecular flexibility index (Phi) is 6.00. The van der Waals surface area contributed by atoms with Gasteiger partial charge in [0, 0.05) is 13.3 Å². The Labute approximate surface area is 128 Å². The molecule has 1 saturated carbocycles. The Balaban J connectivity index is 2.30. The van der Waals surface area contributed by atoms with Gasteiger partial charge in [-0.2, -0.15) is 0 Å². The number of hydrogen-bond donors (Lipinski definition) is 1. The maximum Gasteiger partial charge on any atom is 0.137 e. The highest BCUT2D eigenvalue weighted by atomic mass is 16.5. The highest BCUT2D eigenvalue weighted by Gasteiger charge is 2.40. The SMILES string of the molecule is CCNC(c1cncc(OCC)c1)C1(OC)CCCCC1. The second-order valence-electron chi connectivity index (χ2n) is 5.71. The van der Waals surface area contributed by atoms with Crippen molar-refractivity contribution in [1.29, 1.82) is 0 Å². The van der Waals surface area contributed by atoms with Gasteiger partial charge in [-0.3, -0.25) is 4.98 Å². The molecular formula is C17H28N2O2. The summed E-state index contributed by atoms with van der Waals surface area (Å²) in [5, 5.41) is 3.61. The van der Waals surface area contributed by atoms with E-state index in [0.717, 1.165) is 30.7 Å². The first-order chi connectivity index (χ1) is 10.3. The fourth-order valence-electron chi connectivity index (χ4n) is 3.41. The van der Waals surface area contributed by atoms with Crippen molar-refractivity contribution in [1.82, 2.24) is 10.3 Å². The van der Waals surface area contributed by atoms with Crippen LogP contribution in [0.4, 0.5) is 0 Å². The van der Waals surface area contributed by atoms with Crippen LogP contribution in [-0.4, -0.2) is 30.8 Å². The minimum Gasteiger partial charge on any atom is -0.492 e. The number of hydrogen-bond acceptors (Lipinski definition) is 4. The molecule has 118 valence electrons. The lowest BCUT2D eigenvalue weighted by Gasteiger charge is -2.43. The summed E-state index contributed by atoms with van der Waals surface area (Å²) in [5.74, 6) is 0.833. The van der Waals surface area contributed by atoms with Gasteiger partial charge in [-0.25, -0.2) is 0 Å². The number of methoxy groups -OCH3 is 1. The summed E-state index contributed by atoms with van der Waals surface area (Å²) in [7, 11) is 1.84. The van der Waals surface area contributed by atoms with Crippen LogP contribution < -0.4 is 10.1 Å². The van der Waals surface area contributed by atoms with Gasteiger partial charge in [-0.1, -0.05) is 26.2 Å². The average molecular weight is 292 g/mol. The van der Waals surface area contributed by atoms with E-state index in [-0.39, 0.29) is 11.6 Å². The van der Waals surface area contributed by atoms with E-state index in [4.69, 9.17) is 9.47 Å². The van der Waals surface area contributed by atoms with Crippen molar-refractivity contribution in [3.63, 3.8) is 0 Å². The van der Waals surface area contributed by atoms with Crippen molar-refractivity contribution < 1.29 is 9.47 Å². The molecule has 21 heavy (non-hydrogen) atoms. The Morgan fingerprint density at radius 3 is 2.62 bits per heavy atom. The number of pyridine rings is 1. The van der Waals surface area contributed by atoms with Crippen molar-refractivity contribution >= 4 is 0 Å². The summed E-state index contributed by atoms with van der Waals surface area (Å²) < 4.78 is 11.6. The number of nitrogens with zero attached hydrogens (tertiary/aromatic N) is 1. The lowest BCUT2D eigenvalue weighted by Crippen LogP contribution is -2.47. The minimum atomic E-state index is -0.124. The molecule has 1 fully saturated rings. The van der Waals surface area contributed by atoms with Crippen molar-refractivity contribution in [3.8, 4) is 5.75 Å². The first-order valence-corrected chi connectivity index (χ1v) is 8.12. The molecule has 0 spiro atoms. The monoisotopic (exact) mass is 292 g/mol. The normalized spacial score (nSPS) is 19.2. The van der Waals surface area contributed by atoms with E-state index in [1.165, 1.54) is 19.3 Å². The topological polar surface area (TPSA) is 43.4 Å². The largest absolute Gasteiger partial charge is 0.492 e. The summed E-state index contributed by atoms with van der Waals surface area (Å²) in [6.45, 7) is 5.70. The molecule has 0 amide bonds. The molecule has 0 aromatic carbocycles. The zero-order chi connectivity index (χ0) is 15.1. The van der Waals surface area contributed by atoms with Crippen molar-refractivity contribution in [2.75, 3.05) is 20.3 Å². The third-order valence-electron chi connectivity index (χ3n) is 4.42. The second-order valence-corrected chi connectivity index (χ2v) is 5.71. The molecule has 2 rings (SSSR count). The van der Waals surface area contributed by atoms with Gasteiger partial charge in [0.2, 0.25) is 0 Å². The summed E-state index contributed by atoms with van der Waals surface area (Å²) in [5.41, 5.74) is 1.03.